The van der Waals surface area contributed by atoms with Crippen molar-refractivity contribution in [2.24, 2.45) is 0 Å². The molecule has 23 heavy (non-hydrogen) atoms. The maximum atomic E-state index is 12.4. The molecule has 0 spiro atoms. The van der Waals surface area contributed by atoms with Crippen molar-refractivity contribution in [2.45, 2.75) is 13.2 Å². The summed E-state index contributed by atoms with van der Waals surface area (Å²) in [5.41, 5.74) is 0.284. The third-order valence-corrected chi connectivity index (χ3v) is 4.66. The first-order valence-corrected chi connectivity index (χ1v) is 8.31. The van der Waals surface area contributed by atoms with Gasteiger partial charge in [-0.25, -0.2) is 0 Å². The van der Waals surface area contributed by atoms with E-state index in [0.29, 0.717) is 21.4 Å². The number of benzene rings is 2. The number of carbonyl (C=O) groups is 1. The summed E-state index contributed by atoms with van der Waals surface area (Å²) in [6.45, 7) is 1.80. The van der Waals surface area contributed by atoms with E-state index in [0.717, 1.165) is 5.30 Å². The molecule has 2 rings (SSSR count). The van der Waals surface area contributed by atoms with E-state index in [1.165, 1.54) is 0 Å². The first-order chi connectivity index (χ1) is 10.5. The Kier molecular flexibility index (Phi) is 8.65. The minimum atomic E-state index is -0.322. The SMILES string of the molecule is COC(C)Oc1ccc(PC(=O)c2c(Cl)cccc2Cl)cc1.[H-].[Li+]. The van der Waals surface area contributed by atoms with Crippen molar-refractivity contribution in [3.63, 3.8) is 0 Å². The standard InChI is InChI=1S/C16H15Cl2O3P.Li.H/c1-10(20-2)21-11-6-8-12(9-7-11)22-16(19)15-13(17)4-3-5-14(15)18;;/h3-10,22H,1-2H3;;/q;+1;-1. The number of halogens is 2. The van der Waals surface area contributed by atoms with Gasteiger partial charge in [0.15, 0.2) is 11.8 Å². The largest absolute Gasteiger partial charge is 1.00 e. The molecule has 0 N–H and O–H groups in total. The molecule has 7 heteroatoms. The first-order valence-electron chi connectivity index (χ1n) is 6.56. The normalized spacial score (nSPS) is 12.0. The molecule has 0 aliphatic heterocycles. The van der Waals surface area contributed by atoms with E-state index in [1.54, 1.807) is 44.4 Å². The van der Waals surface area contributed by atoms with Crippen LogP contribution in [0.2, 0.25) is 10.0 Å². The Bertz CT molecular complexity index is 651. The van der Waals surface area contributed by atoms with Gasteiger partial charge in [0, 0.05) is 7.11 Å². The van der Waals surface area contributed by atoms with E-state index in [4.69, 9.17) is 32.7 Å². The Morgan fingerprint density at radius 1 is 1.13 bits per heavy atom. The summed E-state index contributed by atoms with van der Waals surface area (Å²) in [5, 5.41) is 1.64. The van der Waals surface area contributed by atoms with Crippen molar-refractivity contribution in [1.82, 2.24) is 0 Å². The minimum absolute atomic E-state index is 0. The van der Waals surface area contributed by atoms with E-state index in [2.05, 4.69) is 0 Å². The van der Waals surface area contributed by atoms with Gasteiger partial charge in [0.05, 0.1) is 15.6 Å². The Balaban J connectivity index is 0.00000264. The fourth-order valence-electron chi connectivity index (χ4n) is 1.76. The maximum absolute atomic E-state index is 12.4. The van der Waals surface area contributed by atoms with E-state index in [9.17, 15) is 4.79 Å². The average Bonchev–Trinajstić information content (AvgIpc) is 2.49. The number of ether oxygens (including phenoxy) is 2. The van der Waals surface area contributed by atoms with Gasteiger partial charge in [0.1, 0.15) is 5.75 Å². The predicted molar refractivity (Wildman–Crippen MR) is 93.4 cm³/mol. The van der Waals surface area contributed by atoms with Crippen LogP contribution in [0.1, 0.15) is 18.7 Å². The van der Waals surface area contributed by atoms with Gasteiger partial charge in [0.25, 0.3) is 0 Å². The summed E-state index contributed by atoms with van der Waals surface area (Å²) in [5.74, 6) is 0.686. The Morgan fingerprint density at radius 2 is 1.70 bits per heavy atom. The van der Waals surface area contributed by atoms with E-state index >= 15 is 0 Å². The van der Waals surface area contributed by atoms with Gasteiger partial charge in [-0.05, 0) is 45.1 Å². The Morgan fingerprint density at radius 3 is 2.22 bits per heavy atom. The molecule has 0 saturated carbocycles. The monoisotopic (exact) mass is 364 g/mol. The Labute approximate surface area is 161 Å². The third-order valence-electron chi connectivity index (χ3n) is 2.94. The molecule has 2 aromatic carbocycles. The van der Waals surface area contributed by atoms with Gasteiger partial charge < -0.3 is 10.9 Å². The van der Waals surface area contributed by atoms with Crippen molar-refractivity contribution in [2.75, 3.05) is 7.11 Å². The molecule has 0 saturated heterocycles. The molecular weight excluding hydrogens is 349 g/mol. The zero-order chi connectivity index (χ0) is 16.1. The molecule has 0 heterocycles. The number of hydrogen-bond acceptors (Lipinski definition) is 3. The molecule has 0 bridgehead atoms. The average molecular weight is 365 g/mol. The van der Waals surface area contributed by atoms with Crippen LogP contribution in [0.5, 0.6) is 5.75 Å². The van der Waals surface area contributed by atoms with Crippen molar-refractivity contribution >= 4 is 42.6 Å². The summed E-state index contributed by atoms with van der Waals surface area (Å²) in [4.78, 5) is 12.4. The summed E-state index contributed by atoms with van der Waals surface area (Å²) in [6.07, 6.45) is -0.322. The van der Waals surface area contributed by atoms with E-state index in [-0.39, 0.29) is 40.7 Å². The molecule has 2 aromatic rings. The van der Waals surface area contributed by atoms with Crippen LogP contribution in [-0.2, 0) is 4.74 Å². The van der Waals surface area contributed by atoms with Crippen LogP contribution in [0.15, 0.2) is 42.5 Å². The molecule has 0 radical (unpaired) electrons. The van der Waals surface area contributed by atoms with Crippen LogP contribution in [0.4, 0.5) is 0 Å². The molecule has 0 aliphatic rings. The smallest absolute Gasteiger partial charge is 1.00 e. The van der Waals surface area contributed by atoms with Crippen LogP contribution < -0.4 is 28.9 Å². The zero-order valence-electron chi connectivity index (χ0n) is 14.1. The van der Waals surface area contributed by atoms with Gasteiger partial charge >= 0.3 is 18.9 Å². The molecule has 0 amide bonds. The molecule has 0 aliphatic carbocycles. The summed E-state index contributed by atoms with van der Waals surface area (Å²) in [7, 11) is 1.52. The minimum Gasteiger partial charge on any atom is -1.00 e. The zero-order valence-corrected chi connectivity index (χ0v) is 15.6. The molecule has 2 unspecified atom stereocenters. The van der Waals surface area contributed by atoms with Crippen LogP contribution in [0, 0.1) is 0 Å². The number of methoxy groups -OCH3 is 1. The van der Waals surface area contributed by atoms with Gasteiger partial charge in [-0.15, -0.1) is 0 Å². The second-order valence-electron chi connectivity index (χ2n) is 4.50. The van der Waals surface area contributed by atoms with E-state index < -0.39 is 0 Å². The van der Waals surface area contributed by atoms with Gasteiger partial charge in [-0.3, -0.25) is 4.79 Å². The fourth-order valence-corrected chi connectivity index (χ4v) is 3.48. The van der Waals surface area contributed by atoms with Crippen molar-refractivity contribution in [1.29, 1.82) is 0 Å². The van der Waals surface area contributed by atoms with Crippen LogP contribution in [-0.4, -0.2) is 18.9 Å². The summed E-state index contributed by atoms with van der Waals surface area (Å²) < 4.78 is 10.5. The Hall–Kier alpha value is -0.523. The van der Waals surface area contributed by atoms with Crippen molar-refractivity contribution < 1.29 is 34.6 Å². The summed E-state index contributed by atoms with van der Waals surface area (Å²) in [6, 6.07) is 12.3. The van der Waals surface area contributed by atoms with Crippen LogP contribution in [0.3, 0.4) is 0 Å². The van der Waals surface area contributed by atoms with Crippen LogP contribution in [0.25, 0.3) is 0 Å². The topological polar surface area (TPSA) is 35.5 Å². The quantitative estimate of drug-likeness (QED) is 0.444. The molecule has 2 atom stereocenters. The van der Waals surface area contributed by atoms with Crippen LogP contribution >= 0.6 is 31.8 Å². The molecule has 0 fully saturated rings. The van der Waals surface area contributed by atoms with Gasteiger partial charge in [0.2, 0.25) is 0 Å². The van der Waals surface area contributed by atoms with Gasteiger partial charge in [-0.1, -0.05) is 41.4 Å². The van der Waals surface area contributed by atoms with E-state index in [1.807, 2.05) is 12.1 Å². The number of carbonyl (C=O) groups excluding carboxylic acids is 1. The second-order valence-corrected chi connectivity index (χ2v) is 6.59. The summed E-state index contributed by atoms with van der Waals surface area (Å²) >= 11 is 12.1. The second kappa shape index (κ2) is 9.70. The first kappa shape index (κ1) is 20.5. The predicted octanol–water partition coefficient (Wildman–Crippen LogP) is 1.63. The molecule has 118 valence electrons. The third kappa shape index (κ3) is 5.80. The van der Waals surface area contributed by atoms with Gasteiger partial charge in [-0.2, -0.15) is 0 Å². The maximum Gasteiger partial charge on any atom is 1.00 e. The number of rotatable bonds is 6. The van der Waals surface area contributed by atoms with Crippen molar-refractivity contribution in [3.05, 3.63) is 58.1 Å². The number of hydrogen-bond donors (Lipinski definition) is 0. The molecule has 3 nitrogen and oxygen atoms in total. The van der Waals surface area contributed by atoms with Crippen molar-refractivity contribution in [3.8, 4) is 5.75 Å². The molecular formula is C16H16Cl2LiO3P. The molecule has 0 aromatic heterocycles. The fraction of sp³-hybridized carbons (Fsp3) is 0.188.